The normalized spacial score (nSPS) is 26.2. The van der Waals surface area contributed by atoms with Gasteiger partial charge in [0.05, 0.1) is 19.8 Å². The molecule has 2 rings (SSSR count). The molecule has 0 unspecified atom stereocenters. The zero-order chi connectivity index (χ0) is 13.9. The fourth-order valence-electron chi connectivity index (χ4n) is 3.00. The van der Waals surface area contributed by atoms with Crippen LogP contribution in [0.3, 0.4) is 0 Å². The van der Waals surface area contributed by atoms with Gasteiger partial charge < -0.3 is 9.64 Å². The molecule has 0 radical (unpaired) electrons. The lowest BCUT2D eigenvalue weighted by Gasteiger charge is -2.26. The van der Waals surface area contributed by atoms with E-state index in [2.05, 4.69) is 6.58 Å². The Morgan fingerprint density at radius 3 is 2.84 bits per heavy atom. The summed E-state index contributed by atoms with van der Waals surface area (Å²) < 4.78 is 5.39. The van der Waals surface area contributed by atoms with Gasteiger partial charge in [-0.15, -0.1) is 6.58 Å². The highest BCUT2D eigenvalue weighted by Gasteiger charge is 2.57. The van der Waals surface area contributed by atoms with Gasteiger partial charge in [0, 0.05) is 6.54 Å². The van der Waals surface area contributed by atoms with Gasteiger partial charge in [0.15, 0.2) is 0 Å². The number of nitrogens with zero attached hydrogens (tertiary/aromatic N) is 2. The van der Waals surface area contributed by atoms with E-state index in [1.54, 1.807) is 11.0 Å². The third kappa shape index (κ3) is 2.27. The van der Waals surface area contributed by atoms with Gasteiger partial charge in [0.2, 0.25) is 0 Å². The molecule has 0 saturated carbocycles. The number of rotatable bonds is 7. The molecular weight excluding hydrogens is 244 g/mol. The maximum Gasteiger partial charge on any atom is 0.327 e. The molecule has 0 aromatic carbocycles. The fourth-order valence-corrected chi connectivity index (χ4v) is 3.00. The second-order valence-corrected chi connectivity index (χ2v) is 5.07. The van der Waals surface area contributed by atoms with Crippen LogP contribution in [0.25, 0.3) is 0 Å². The van der Waals surface area contributed by atoms with Crippen LogP contribution in [0.15, 0.2) is 12.7 Å². The Hall–Kier alpha value is -1.36. The van der Waals surface area contributed by atoms with Crippen molar-refractivity contribution in [1.82, 2.24) is 9.80 Å². The van der Waals surface area contributed by atoms with Gasteiger partial charge in [-0.2, -0.15) is 0 Å². The number of ether oxygens (including phenoxy) is 1. The van der Waals surface area contributed by atoms with Crippen molar-refractivity contribution in [3.05, 3.63) is 12.7 Å². The average molecular weight is 266 g/mol. The quantitative estimate of drug-likeness (QED) is 0.401. The Labute approximate surface area is 114 Å². The number of urea groups is 1. The van der Waals surface area contributed by atoms with Gasteiger partial charge in [0.1, 0.15) is 5.54 Å². The summed E-state index contributed by atoms with van der Waals surface area (Å²) >= 11 is 0. The van der Waals surface area contributed by atoms with E-state index in [9.17, 15) is 9.59 Å². The van der Waals surface area contributed by atoms with E-state index >= 15 is 0 Å². The molecular formula is C14H22N2O3. The first kappa shape index (κ1) is 14.1. The summed E-state index contributed by atoms with van der Waals surface area (Å²) in [5.74, 6) is -0.0372. The Bertz CT molecular complexity index is 383. The Balaban J connectivity index is 1.94. The van der Waals surface area contributed by atoms with Crippen LogP contribution in [-0.2, 0) is 9.53 Å². The molecule has 2 aliphatic heterocycles. The third-order valence-corrected chi connectivity index (χ3v) is 4.10. The van der Waals surface area contributed by atoms with Crippen LogP contribution >= 0.6 is 0 Å². The predicted molar refractivity (Wildman–Crippen MR) is 71.7 cm³/mol. The fraction of sp³-hybridized carbons (Fsp3) is 0.714. The van der Waals surface area contributed by atoms with E-state index in [-0.39, 0.29) is 11.9 Å². The highest BCUT2D eigenvalue weighted by atomic mass is 16.5. The number of amides is 3. The number of hydrogen-bond acceptors (Lipinski definition) is 3. The smallest absolute Gasteiger partial charge is 0.327 e. The van der Waals surface area contributed by atoms with Crippen molar-refractivity contribution in [2.24, 2.45) is 0 Å². The first-order valence-corrected chi connectivity index (χ1v) is 6.99. The van der Waals surface area contributed by atoms with Crippen molar-refractivity contribution in [2.45, 2.75) is 38.1 Å². The average Bonchev–Trinajstić information content (AvgIpc) is 2.93. The van der Waals surface area contributed by atoms with Crippen LogP contribution in [0, 0.1) is 0 Å². The summed E-state index contributed by atoms with van der Waals surface area (Å²) in [5, 5.41) is 0. The molecule has 0 spiro atoms. The van der Waals surface area contributed by atoms with E-state index in [1.165, 1.54) is 4.90 Å². The van der Waals surface area contributed by atoms with Gasteiger partial charge in [-0.25, -0.2) is 4.79 Å². The molecule has 5 nitrogen and oxygen atoms in total. The van der Waals surface area contributed by atoms with Crippen LogP contribution in [0.5, 0.6) is 0 Å². The van der Waals surface area contributed by atoms with E-state index in [4.69, 9.17) is 4.74 Å². The van der Waals surface area contributed by atoms with E-state index < -0.39 is 5.54 Å². The molecule has 3 amide bonds. The Morgan fingerprint density at radius 1 is 1.42 bits per heavy atom. The minimum absolute atomic E-state index is 0.0372. The third-order valence-electron chi connectivity index (χ3n) is 4.10. The minimum atomic E-state index is -0.557. The van der Waals surface area contributed by atoms with Crippen LogP contribution in [0.2, 0.25) is 0 Å². The molecule has 0 aliphatic carbocycles. The molecule has 0 bridgehead atoms. The number of carbonyl (C=O) groups is 2. The number of hydrogen-bond donors (Lipinski definition) is 0. The molecule has 1 atom stereocenters. The summed E-state index contributed by atoms with van der Waals surface area (Å²) in [7, 11) is 0. The van der Waals surface area contributed by atoms with Gasteiger partial charge in [-0.1, -0.05) is 13.0 Å². The zero-order valence-electron chi connectivity index (χ0n) is 11.6. The standard InChI is InChI=1S/C14H22N2O3/c1-3-5-10-19-11-9-15-12(17)14(4-2)7-6-8-16(14)13(15)18/h3H,1,4-11H2,2H3/t14-/m1/s1. The first-order valence-electron chi connectivity index (χ1n) is 6.99. The van der Waals surface area contributed by atoms with E-state index in [0.29, 0.717) is 32.7 Å². The maximum absolute atomic E-state index is 12.5. The summed E-state index contributed by atoms with van der Waals surface area (Å²) in [5.41, 5.74) is -0.557. The van der Waals surface area contributed by atoms with E-state index in [0.717, 1.165) is 19.3 Å². The zero-order valence-corrected chi connectivity index (χ0v) is 11.6. The lowest BCUT2D eigenvalue weighted by Crippen LogP contribution is -2.44. The van der Waals surface area contributed by atoms with Crippen molar-refractivity contribution in [3.63, 3.8) is 0 Å². The molecule has 0 N–H and O–H groups in total. The highest BCUT2D eigenvalue weighted by Crippen LogP contribution is 2.39. The van der Waals surface area contributed by atoms with Crippen molar-refractivity contribution in [1.29, 1.82) is 0 Å². The van der Waals surface area contributed by atoms with Gasteiger partial charge >= 0.3 is 6.03 Å². The topological polar surface area (TPSA) is 49.9 Å². The summed E-state index contributed by atoms with van der Waals surface area (Å²) in [4.78, 5) is 27.8. The van der Waals surface area contributed by atoms with Crippen LogP contribution in [0.1, 0.15) is 32.6 Å². The second kappa shape index (κ2) is 5.74. The van der Waals surface area contributed by atoms with Crippen molar-refractivity contribution in [3.8, 4) is 0 Å². The number of fused-ring (bicyclic) bond motifs is 1. The Morgan fingerprint density at radius 2 is 2.21 bits per heavy atom. The first-order chi connectivity index (χ1) is 9.17. The van der Waals surface area contributed by atoms with Crippen LogP contribution in [0.4, 0.5) is 4.79 Å². The molecule has 106 valence electrons. The van der Waals surface area contributed by atoms with Crippen LogP contribution in [-0.4, -0.2) is 53.6 Å². The van der Waals surface area contributed by atoms with Crippen LogP contribution < -0.4 is 0 Å². The molecule has 2 saturated heterocycles. The molecule has 0 aromatic rings. The monoisotopic (exact) mass is 266 g/mol. The molecule has 0 aromatic heterocycles. The molecule has 2 fully saturated rings. The molecule has 5 heteroatoms. The number of carbonyl (C=O) groups excluding carboxylic acids is 2. The molecule has 19 heavy (non-hydrogen) atoms. The van der Waals surface area contributed by atoms with Crippen molar-refractivity contribution >= 4 is 11.9 Å². The summed E-state index contributed by atoms with van der Waals surface area (Å²) in [6.45, 7) is 7.64. The lowest BCUT2D eigenvalue weighted by molar-refractivity contribution is -0.133. The summed E-state index contributed by atoms with van der Waals surface area (Å²) in [6.07, 6.45) is 4.99. The summed E-state index contributed by atoms with van der Waals surface area (Å²) in [6, 6.07) is -0.142. The number of imide groups is 1. The lowest BCUT2D eigenvalue weighted by atomic mass is 9.93. The van der Waals surface area contributed by atoms with Crippen molar-refractivity contribution < 1.29 is 14.3 Å². The second-order valence-electron chi connectivity index (χ2n) is 5.07. The maximum atomic E-state index is 12.5. The SMILES string of the molecule is C=CCCOCCN1C(=O)N2CCC[C@]2(CC)C1=O. The highest BCUT2D eigenvalue weighted by molar-refractivity contribution is 6.07. The van der Waals surface area contributed by atoms with Gasteiger partial charge in [-0.05, 0) is 25.7 Å². The largest absolute Gasteiger partial charge is 0.379 e. The predicted octanol–water partition coefficient (Wildman–Crippen LogP) is 1.79. The van der Waals surface area contributed by atoms with E-state index in [1.807, 2.05) is 6.92 Å². The van der Waals surface area contributed by atoms with Gasteiger partial charge in [-0.3, -0.25) is 9.69 Å². The minimum Gasteiger partial charge on any atom is -0.379 e. The van der Waals surface area contributed by atoms with Gasteiger partial charge in [0.25, 0.3) is 5.91 Å². The van der Waals surface area contributed by atoms with Crippen molar-refractivity contribution in [2.75, 3.05) is 26.3 Å². The molecule has 2 aliphatic rings. The molecule has 2 heterocycles. The Kier molecular flexibility index (Phi) is 4.24.